The van der Waals surface area contributed by atoms with Crippen molar-refractivity contribution in [2.45, 2.75) is 44.1 Å². The van der Waals surface area contributed by atoms with Crippen LogP contribution >= 0.6 is 0 Å². The van der Waals surface area contributed by atoms with Gasteiger partial charge in [0, 0.05) is 6.42 Å². The van der Waals surface area contributed by atoms with Crippen LogP contribution in [0.5, 0.6) is 0 Å². The zero-order valence-corrected chi connectivity index (χ0v) is 8.39. The van der Waals surface area contributed by atoms with Crippen LogP contribution in [-0.2, 0) is 0 Å². The van der Waals surface area contributed by atoms with Crippen LogP contribution in [0.4, 0.5) is 17.6 Å². The molecule has 0 amide bonds. The van der Waals surface area contributed by atoms with Crippen molar-refractivity contribution in [3.05, 3.63) is 12.2 Å². The second-order valence-electron chi connectivity index (χ2n) is 4.22. The molecule has 0 fully saturated rings. The molecule has 88 valence electrons. The Bertz CT molecular complexity index is 252. The lowest BCUT2D eigenvalue weighted by Crippen LogP contribution is -2.40. The largest absolute Gasteiger partial charge is 0.386 e. The van der Waals surface area contributed by atoms with Gasteiger partial charge in [-0.2, -0.15) is 0 Å². The molecule has 2 unspecified atom stereocenters. The third kappa shape index (κ3) is 3.19. The van der Waals surface area contributed by atoms with Crippen LogP contribution in [0.1, 0.15) is 26.2 Å². The van der Waals surface area contributed by atoms with Crippen LogP contribution in [0.3, 0.4) is 0 Å². The minimum atomic E-state index is -4.13. The summed E-state index contributed by atoms with van der Waals surface area (Å²) in [5.41, 5.74) is -1.79. The lowest BCUT2D eigenvalue weighted by Gasteiger charge is -2.32. The van der Waals surface area contributed by atoms with Gasteiger partial charge in [0.05, 0.1) is 5.60 Å². The first-order valence-corrected chi connectivity index (χ1v) is 4.83. The van der Waals surface area contributed by atoms with Crippen LogP contribution in [0.2, 0.25) is 0 Å². The summed E-state index contributed by atoms with van der Waals surface area (Å²) in [5, 5.41) is 9.67. The third-order valence-electron chi connectivity index (χ3n) is 2.63. The minimum Gasteiger partial charge on any atom is -0.386 e. The molecule has 1 rings (SSSR count). The maximum Gasteiger partial charge on any atom is 0.310 e. The van der Waals surface area contributed by atoms with Crippen LogP contribution < -0.4 is 0 Å². The molecule has 2 atom stereocenters. The normalized spacial score (nSPS) is 32.3. The summed E-state index contributed by atoms with van der Waals surface area (Å²) in [4.78, 5) is 0. The van der Waals surface area contributed by atoms with Gasteiger partial charge in [-0.15, -0.1) is 0 Å². The van der Waals surface area contributed by atoms with Gasteiger partial charge in [-0.25, -0.2) is 17.6 Å². The topological polar surface area (TPSA) is 20.2 Å². The molecule has 0 aliphatic heterocycles. The molecule has 0 aromatic rings. The van der Waals surface area contributed by atoms with E-state index in [0.29, 0.717) is 6.42 Å². The highest BCUT2D eigenvalue weighted by atomic mass is 19.3. The molecule has 0 bridgehead atoms. The molecule has 0 spiro atoms. The van der Waals surface area contributed by atoms with Crippen LogP contribution in [-0.4, -0.2) is 23.1 Å². The number of hydrogen-bond donors (Lipinski definition) is 1. The zero-order valence-electron chi connectivity index (χ0n) is 8.39. The lowest BCUT2D eigenvalue weighted by atomic mass is 9.82. The Kier molecular flexibility index (Phi) is 3.43. The molecule has 0 aromatic carbocycles. The molecule has 0 saturated carbocycles. The average Bonchev–Trinajstić information content (AvgIpc) is 2.09. The van der Waals surface area contributed by atoms with Crippen molar-refractivity contribution in [1.82, 2.24) is 0 Å². The van der Waals surface area contributed by atoms with Gasteiger partial charge in [-0.3, -0.25) is 0 Å². The lowest BCUT2D eigenvalue weighted by molar-refractivity contribution is -0.161. The van der Waals surface area contributed by atoms with Gasteiger partial charge in [0.15, 0.2) is 0 Å². The van der Waals surface area contributed by atoms with Crippen molar-refractivity contribution in [2.75, 3.05) is 0 Å². The van der Waals surface area contributed by atoms with Crippen molar-refractivity contribution in [3.63, 3.8) is 0 Å². The molecule has 1 N–H and O–H groups in total. The smallest absolute Gasteiger partial charge is 0.310 e. The first-order valence-electron chi connectivity index (χ1n) is 4.83. The average molecular weight is 226 g/mol. The van der Waals surface area contributed by atoms with Gasteiger partial charge in [0.25, 0.3) is 0 Å². The van der Waals surface area contributed by atoms with E-state index >= 15 is 0 Å². The number of alkyl halides is 4. The predicted octanol–water partition coefficient (Wildman–Crippen LogP) is 2.99. The Morgan fingerprint density at radius 1 is 1.53 bits per heavy atom. The molecule has 1 nitrogen and oxygen atoms in total. The third-order valence-corrected chi connectivity index (χ3v) is 2.63. The van der Waals surface area contributed by atoms with E-state index in [9.17, 15) is 22.7 Å². The Hall–Kier alpha value is -0.580. The maximum atomic E-state index is 12.7. The zero-order chi connectivity index (χ0) is 11.7. The van der Waals surface area contributed by atoms with Crippen molar-refractivity contribution < 1.29 is 22.7 Å². The SMILES string of the molecule is CC1C=CC(O)(CC(F)(F)C(F)F)CC1. The molecule has 1 aliphatic carbocycles. The number of allylic oxidation sites excluding steroid dienone is 1. The fourth-order valence-electron chi connectivity index (χ4n) is 1.63. The summed E-state index contributed by atoms with van der Waals surface area (Å²) in [7, 11) is 0. The highest BCUT2D eigenvalue weighted by Gasteiger charge is 2.47. The number of rotatable bonds is 3. The Balaban J connectivity index is 2.69. The van der Waals surface area contributed by atoms with Gasteiger partial charge >= 0.3 is 12.3 Å². The fourth-order valence-corrected chi connectivity index (χ4v) is 1.63. The molecule has 0 heterocycles. The second-order valence-corrected chi connectivity index (χ2v) is 4.22. The van der Waals surface area contributed by atoms with E-state index in [4.69, 9.17) is 0 Å². The van der Waals surface area contributed by atoms with Crippen molar-refractivity contribution in [1.29, 1.82) is 0 Å². The highest BCUT2D eigenvalue weighted by molar-refractivity contribution is 5.08. The van der Waals surface area contributed by atoms with Crippen LogP contribution in [0.25, 0.3) is 0 Å². The Morgan fingerprint density at radius 3 is 2.53 bits per heavy atom. The van der Waals surface area contributed by atoms with Crippen LogP contribution in [0.15, 0.2) is 12.2 Å². The van der Waals surface area contributed by atoms with E-state index in [0.717, 1.165) is 0 Å². The predicted molar refractivity (Wildman–Crippen MR) is 48.1 cm³/mol. The summed E-state index contributed by atoms with van der Waals surface area (Å²) in [6.45, 7) is 1.88. The summed E-state index contributed by atoms with van der Waals surface area (Å²) in [6, 6.07) is 0. The van der Waals surface area contributed by atoms with E-state index in [2.05, 4.69) is 0 Å². The fraction of sp³-hybridized carbons (Fsp3) is 0.800. The molecule has 15 heavy (non-hydrogen) atoms. The molecule has 5 heteroatoms. The van der Waals surface area contributed by atoms with Gasteiger partial charge < -0.3 is 5.11 Å². The van der Waals surface area contributed by atoms with Crippen molar-refractivity contribution in [3.8, 4) is 0 Å². The molecular weight excluding hydrogens is 212 g/mol. The summed E-state index contributed by atoms with van der Waals surface area (Å²) in [5.74, 6) is -3.93. The number of hydrogen-bond acceptors (Lipinski definition) is 1. The summed E-state index contributed by atoms with van der Waals surface area (Å²) < 4.78 is 49.3. The van der Waals surface area contributed by atoms with Crippen LogP contribution in [0, 0.1) is 5.92 Å². The van der Waals surface area contributed by atoms with E-state index < -0.39 is 24.4 Å². The van der Waals surface area contributed by atoms with Gasteiger partial charge in [0.2, 0.25) is 0 Å². The minimum absolute atomic E-state index is 0.104. The van der Waals surface area contributed by atoms with E-state index in [1.54, 1.807) is 6.08 Å². The maximum absolute atomic E-state index is 12.7. The first kappa shape index (κ1) is 12.5. The molecule has 0 aromatic heterocycles. The molecule has 0 saturated heterocycles. The quantitative estimate of drug-likeness (QED) is 0.579. The van der Waals surface area contributed by atoms with Crippen molar-refractivity contribution >= 4 is 0 Å². The van der Waals surface area contributed by atoms with Gasteiger partial charge in [0.1, 0.15) is 0 Å². The Morgan fingerprint density at radius 2 is 2.13 bits per heavy atom. The summed E-state index contributed by atoms with van der Waals surface area (Å²) in [6.07, 6.45) is -1.49. The molecule has 1 aliphatic rings. The first-order chi connectivity index (χ1) is 6.75. The summed E-state index contributed by atoms with van der Waals surface area (Å²) >= 11 is 0. The molecule has 0 radical (unpaired) electrons. The van der Waals surface area contributed by atoms with Gasteiger partial charge in [-0.05, 0) is 18.8 Å². The van der Waals surface area contributed by atoms with Gasteiger partial charge in [-0.1, -0.05) is 19.1 Å². The number of aliphatic hydroxyl groups is 1. The van der Waals surface area contributed by atoms with E-state index in [1.165, 1.54) is 6.08 Å². The standard InChI is InChI=1S/C10H14F4O/c1-7-2-4-9(15,5-3-7)6-10(13,14)8(11)12/h2,4,7-8,15H,3,5-6H2,1H3. The van der Waals surface area contributed by atoms with E-state index in [-0.39, 0.29) is 12.3 Å². The number of halogens is 4. The second kappa shape index (κ2) is 4.12. The Labute approximate surface area is 85.8 Å². The highest BCUT2D eigenvalue weighted by Crippen LogP contribution is 2.37. The molecular formula is C10H14F4O. The van der Waals surface area contributed by atoms with E-state index in [1.807, 2.05) is 6.92 Å². The van der Waals surface area contributed by atoms with Crippen molar-refractivity contribution in [2.24, 2.45) is 5.92 Å². The monoisotopic (exact) mass is 226 g/mol.